The van der Waals surface area contributed by atoms with Crippen LogP contribution < -0.4 is 0 Å². The van der Waals surface area contributed by atoms with E-state index in [-0.39, 0.29) is 45.9 Å². The van der Waals surface area contributed by atoms with Crippen molar-refractivity contribution in [2.75, 3.05) is 27.2 Å². The van der Waals surface area contributed by atoms with Crippen molar-refractivity contribution >= 4 is 17.7 Å². The highest BCUT2D eigenvalue weighted by molar-refractivity contribution is 6.06. The number of ketones is 1. The monoisotopic (exact) mass is 608 g/mol. The SMILES string of the molecule is CC(=O)OC1CCC2(C)C(CCC3(C)C4CC[C@@]5(C(=O)N6CCC(N(C)C)CC6)CC(=O)C(C(C)C)=C5C4CCC32)C1(C)C. The van der Waals surface area contributed by atoms with Crippen molar-refractivity contribution in [1.29, 1.82) is 0 Å². The number of carbonyl (C=O) groups excluding carboxylic acids is 3. The van der Waals surface area contributed by atoms with Gasteiger partial charge in [0, 0.05) is 37.9 Å². The van der Waals surface area contributed by atoms with Gasteiger partial charge in [-0.2, -0.15) is 0 Å². The highest BCUT2D eigenvalue weighted by Crippen LogP contribution is 2.73. The van der Waals surface area contributed by atoms with Crippen molar-refractivity contribution in [2.45, 2.75) is 131 Å². The lowest BCUT2D eigenvalue weighted by molar-refractivity contribution is -0.212. The summed E-state index contributed by atoms with van der Waals surface area (Å²) in [5, 5.41) is 0. The number of fused-ring (bicyclic) bond motifs is 7. The largest absolute Gasteiger partial charge is 0.462 e. The summed E-state index contributed by atoms with van der Waals surface area (Å²) in [6.07, 6.45) is 11.0. The molecule has 0 aromatic carbocycles. The maximum atomic E-state index is 14.7. The van der Waals surface area contributed by atoms with Crippen LogP contribution in [0.5, 0.6) is 0 Å². The van der Waals surface area contributed by atoms with Crippen molar-refractivity contribution in [2.24, 2.45) is 51.2 Å². The van der Waals surface area contributed by atoms with Crippen molar-refractivity contribution in [3.63, 3.8) is 0 Å². The van der Waals surface area contributed by atoms with Gasteiger partial charge in [0.1, 0.15) is 6.10 Å². The average Bonchev–Trinajstić information content (AvgIpc) is 3.27. The highest BCUT2D eigenvalue weighted by Gasteiger charge is 2.67. The van der Waals surface area contributed by atoms with Crippen LogP contribution in [0.4, 0.5) is 0 Å². The van der Waals surface area contributed by atoms with Gasteiger partial charge in [0.05, 0.1) is 5.41 Å². The molecule has 44 heavy (non-hydrogen) atoms. The topological polar surface area (TPSA) is 66.9 Å². The Hall–Kier alpha value is -1.69. The van der Waals surface area contributed by atoms with Crippen molar-refractivity contribution in [3.05, 3.63) is 11.1 Å². The van der Waals surface area contributed by atoms with Gasteiger partial charge in [-0.3, -0.25) is 14.4 Å². The number of ether oxygens (including phenoxy) is 1. The van der Waals surface area contributed by atoms with Crippen LogP contribution in [0.2, 0.25) is 0 Å². The van der Waals surface area contributed by atoms with Crippen molar-refractivity contribution in [3.8, 4) is 0 Å². The van der Waals surface area contributed by atoms with Gasteiger partial charge >= 0.3 is 5.97 Å². The van der Waals surface area contributed by atoms with E-state index in [2.05, 4.69) is 65.4 Å². The highest BCUT2D eigenvalue weighted by atomic mass is 16.5. The van der Waals surface area contributed by atoms with Crippen LogP contribution in [-0.4, -0.2) is 66.8 Å². The Bertz CT molecular complexity index is 1230. The van der Waals surface area contributed by atoms with Crippen molar-refractivity contribution in [1.82, 2.24) is 9.80 Å². The molecule has 1 heterocycles. The molecule has 0 aromatic heterocycles. The van der Waals surface area contributed by atoms with E-state index < -0.39 is 5.41 Å². The normalized spacial score (nSPS) is 42.1. The first-order valence-electron chi connectivity index (χ1n) is 18.0. The molecule has 1 aliphatic heterocycles. The second kappa shape index (κ2) is 10.9. The minimum absolute atomic E-state index is 0.00821. The molecule has 5 fully saturated rings. The van der Waals surface area contributed by atoms with E-state index >= 15 is 0 Å². The Labute approximate surface area is 267 Å². The van der Waals surface area contributed by atoms with Crippen LogP contribution >= 0.6 is 0 Å². The number of hydrogen-bond donors (Lipinski definition) is 0. The Morgan fingerprint density at radius 1 is 0.864 bits per heavy atom. The fraction of sp³-hybridized carbons (Fsp3) is 0.868. The lowest BCUT2D eigenvalue weighted by atomic mass is 9.36. The Kier molecular flexibility index (Phi) is 8.02. The molecule has 6 nitrogen and oxygen atoms in total. The molecule has 246 valence electrons. The van der Waals surface area contributed by atoms with Gasteiger partial charge < -0.3 is 14.5 Å². The predicted molar refractivity (Wildman–Crippen MR) is 174 cm³/mol. The van der Waals surface area contributed by atoms with E-state index in [0.717, 1.165) is 70.0 Å². The van der Waals surface area contributed by atoms with Gasteiger partial charge in [0.2, 0.25) is 5.91 Å². The minimum Gasteiger partial charge on any atom is -0.462 e. The smallest absolute Gasteiger partial charge is 0.302 e. The van der Waals surface area contributed by atoms with Gasteiger partial charge in [-0.1, -0.05) is 41.5 Å². The number of carbonyl (C=O) groups is 3. The number of likely N-dealkylation sites (tertiary alicyclic amines) is 1. The third kappa shape index (κ3) is 4.60. The van der Waals surface area contributed by atoms with Crippen LogP contribution in [0.15, 0.2) is 11.1 Å². The number of rotatable bonds is 4. The maximum Gasteiger partial charge on any atom is 0.302 e. The first kappa shape index (κ1) is 32.3. The zero-order valence-electron chi connectivity index (χ0n) is 29.3. The van der Waals surface area contributed by atoms with E-state index in [1.165, 1.54) is 18.4 Å². The fourth-order valence-electron chi connectivity index (χ4n) is 12.8. The molecule has 8 atom stereocenters. The summed E-state index contributed by atoms with van der Waals surface area (Å²) >= 11 is 0. The zero-order chi connectivity index (χ0) is 32.0. The molecule has 0 bridgehead atoms. The number of nitrogens with zero attached hydrogens (tertiary/aromatic N) is 2. The summed E-state index contributed by atoms with van der Waals surface area (Å²) in [5.74, 6) is 2.50. The second-order valence-corrected chi connectivity index (χ2v) is 17.6. The number of esters is 1. The molecule has 1 amide bonds. The van der Waals surface area contributed by atoms with E-state index in [9.17, 15) is 14.4 Å². The minimum atomic E-state index is -0.614. The molecule has 0 spiro atoms. The molecule has 1 saturated heterocycles. The van der Waals surface area contributed by atoms with Crippen LogP contribution in [-0.2, 0) is 19.1 Å². The van der Waals surface area contributed by atoms with Gasteiger partial charge in [0.25, 0.3) is 0 Å². The molecule has 0 radical (unpaired) electrons. The fourth-order valence-corrected chi connectivity index (χ4v) is 12.8. The molecule has 7 unspecified atom stereocenters. The Morgan fingerprint density at radius 3 is 2.14 bits per heavy atom. The molecule has 0 aromatic rings. The van der Waals surface area contributed by atoms with E-state index in [1.807, 2.05) is 0 Å². The van der Waals surface area contributed by atoms with E-state index in [0.29, 0.717) is 36.1 Å². The maximum absolute atomic E-state index is 14.7. The summed E-state index contributed by atoms with van der Waals surface area (Å²) in [6, 6.07) is 0.527. The second-order valence-electron chi connectivity index (χ2n) is 17.6. The first-order valence-corrected chi connectivity index (χ1v) is 18.0. The lowest BCUT2D eigenvalue weighted by Crippen LogP contribution is -2.63. The summed E-state index contributed by atoms with van der Waals surface area (Å²) in [5.41, 5.74) is 2.05. The van der Waals surface area contributed by atoms with Gasteiger partial charge in [0.15, 0.2) is 5.78 Å². The first-order chi connectivity index (χ1) is 20.6. The summed E-state index contributed by atoms with van der Waals surface area (Å²) < 4.78 is 5.92. The van der Waals surface area contributed by atoms with Crippen LogP contribution in [0, 0.1) is 51.2 Å². The predicted octanol–water partition coefficient (Wildman–Crippen LogP) is 7.06. The van der Waals surface area contributed by atoms with Gasteiger partial charge in [-0.05, 0) is 130 Å². The van der Waals surface area contributed by atoms with E-state index in [1.54, 1.807) is 6.92 Å². The quantitative estimate of drug-likeness (QED) is 0.320. The Morgan fingerprint density at radius 2 is 1.52 bits per heavy atom. The van der Waals surface area contributed by atoms with Gasteiger partial charge in [-0.25, -0.2) is 0 Å². The van der Waals surface area contributed by atoms with Crippen LogP contribution in [0.25, 0.3) is 0 Å². The number of allylic oxidation sites excluding steroid dienone is 1. The summed E-state index contributed by atoms with van der Waals surface area (Å²) in [6.45, 7) is 17.4. The average molecular weight is 609 g/mol. The summed E-state index contributed by atoms with van der Waals surface area (Å²) in [4.78, 5) is 45.0. The summed E-state index contributed by atoms with van der Waals surface area (Å²) in [7, 11) is 4.29. The third-order valence-corrected chi connectivity index (χ3v) is 14.7. The molecule has 6 heteroatoms. The standard InChI is InChI=1S/C38H60N2O4/c1-23(2)32-28(42)22-38(34(43)40-20-15-25(16-21-40)39(8)9)19-12-27-26(33(32)38)10-11-30-36(27,6)17-13-29-35(4,5)31(44-24(3)41)14-18-37(29,30)7/h23,25-27,29-31H,10-22H2,1-9H3/t26?,27?,29?,30?,31?,36?,37?,38-/m1/s1. The molecule has 4 saturated carbocycles. The molecular formula is C38H60N2O4. The third-order valence-electron chi connectivity index (χ3n) is 14.7. The van der Waals surface area contributed by atoms with E-state index in [4.69, 9.17) is 4.74 Å². The van der Waals surface area contributed by atoms with Crippen molar-refractivity contribution < 1.29 is 19.1 Å². The lowest BCUT2D eigenvalue weighted by Gasteiger charge is -2.68. The Balaban J connectivity index is 1.32. The van der Waals surface area contributed by atoms with Gasteiger partial charge in [-0.15, -0.1) is 0 Å². The number of amides is 1. The molecule has 5 aliphatic carbocycles. The number of piperidine rings is 1. The molecular weight excluding hydrogens is 548 g/mol. The molecule has 6 aliphatic rings. The molecule has 0 N–H and O–H groups in total. The zero-order valence-corrected chi connectivity index (χ0v) is 29.3. The number of Topliss-reactive ketones (excluding diaryl/α,β-unsaturated/α-hetero) is 1. The number of hydrogen-bond acceptors (Lipinski definition) is 5. The molecule has 6 rings (SSSR count). The van der Waals surface area contributed by atoms with Crippen LogP contribution in [0.3, 0.4) is 0 Å². The van der Waals surface area contributed by atoms with Crippen LogP contribution in [0.1, 0.15) is 119 Å².